The largest absolute Gasteiger partial charge is 0.480 e. The molecule has 4 heteroatoms. The molecule has 0 bridgehead atoms. The summed E-state index contributed by atoms with van der Waals surface area (Å²) in [6.45, 7) is 4.35. The van der Waals surface area contributed by atoms with Gasteiger partial charge in [-0.05, 0) is 50.8 Å². The highest BCUT2D eigenvalue weighted by molar-refractivity contribution is 5.81. The summed E-state index contributed by atoms with van der Waals surface area (Å²) < 4.78 is 5.85. The lowest BCUT2D eigenvalue weighted by Gasteiger charge is -2.19. The lowest BCUT2D eigenvalue weighted by atomic mass is 10.1. The molecular weight excluding hydrogens is 240 g/mol. The molecule has 1 aromatic carbocycles. The zero-order valence-corrected chi connectivity index (χ0v) is 11.6. The summed E-state index contributed by atoms with van der Waals surface area (Å²) in [6.07, 6.45) is 2.45. The number of nitrogens with two attached hydrogens (primary N) is 1. The van der Waals surface area contributed by atoms with Crippen LogP contribution in [-0.4, -0.2) is 24.6 Å². The zero-order valence-electron chi connectivity index (χ0n) is 11.6. The summed E-state index contributed by atoms with van der Waals surface area (Å²) in [7, 11) is 0. The van der Waals surface area contributed by atoms with E-state index in [1.807, 2.05) is 25.1 Å². The molecule has 2 rings (SSSR count). The first-order chi connectivity index (χ1) is 9.11. The average molecular weight is 262 g/mol. The van der Waals surface area contributed by atoms with Crippen molar-refractivity contribution in [2.75, 3.05) is 6.54 Å². The predicted octanol–water partition coefficient (Wildman–Crippen LogP) is 1.54. The number of amides is 1. The summed E-state index contributed by atoms with van der Waals surface area (Å²) in [5, 5.41) is 2.96. The predicted molar refractivity (Wildman–Crippen MR) is 75.2 cm³/mol. The molecule has 19 heavy (non-hydrogen) atoms. The Morgan fingerprint density at radius 2 is 2.26 bits per heavy atom. The summed E-state index contributed by atoms with van der Waals surface area (Å²) in [5.41, 5.74) is 7.71. The van der Waals surface area contributed by atoms with E-state index in [0.717, 1.165) is 36.1 Å². The number of hydrogen-bond donors (Lipinski definition) is 2. The SMILES string of the molecule is Cc1cccc(CCN)c1OC(C)C(=O)NC1CC1. The van der Waals surface area contributed by atoms with Crippen LogP contribution in [0.25, 0.3) is 0 Å². The first kappa shape index (κ1) is 13.9. The fraction of sp³-hybridized carbons (Fsp3) is 0.533. The van der Waals surface area contributed by atoms with Gasteiger partial charge >= 0.3 is 0 Å². The van der Waals surface area contributed by atoms with Crippen LogP contribution in [0.2, 0.25) is 0 Å². The highest BCUT2D eigenvalue weighted by Gasteiger charge is 2.26. The van der Waals surface area contributed by atoms with Crippen molar-refractivity contribution in [3.63, 3.8) is 0 Å². The Hall–Kier alpha value is -1.55. The summed E-state index contributed by atoms with van der Waals surface area (Å²) in [6, 6.07) is 6.34. The van der Waals surface area contributed by atoms with Crippen LogP contribution in [0.5, 0.6) is 5.75 Å². The Labute approximate surface area is 114 Å². The maximum atomic E-state index is 11.9. The van der Waals surface area contributed by atoms with Crippen molar-refractivity contribution in [1.29, 1.82) is 0 Å². The van der Waals surface area contributed by atoms with E-state index in [0.29, 0.717) is 12.6 Å². The van der Waals surface area contributed by atoms with Crippen LogP contribution in [0, 0.1) is 6.92 Å². The van der Waals surface area contributed by atoms with Crippen molar-refractivity contribution in [2.24, 2.45) is 5.73 Å². The highest BCUT2D eigenvalue weighted by Crippen LogP contribution is 2.25. The Morgan fingerprint density at radius 3 is 2.89 bits per heavy atom. The number of nitrogens with one attached hydrogen (secondary N) is 1. The molecule has 0 aromatic heterocycles. The van der Waals surface area contributed by atoms with E-state index in [-0.39, 0.29) is 5.91 Å². The molecule has 0 saturated heterocycles. The normalized spacial score (nSPS) is 15.9. The topological polar surface area (TPSA) is 64.3 Å². The summed E-state index contributed by atoms with van der Waals surface area (Å²) in [4.78, 5) is 11.9. The number of carbonyl (C=O) groups excluding carboxylic acids is 1. The van der Waals surface area contributed by atoms with Gasteiger partial charge in [0.1, 0.15) is 5.75 Å². The van der Waals surface area contributed by atoms with Gasteiger partial charge in [-0.25, -0.2) is 0 Å². The van der Waals surface area contributed by atoms with Crippen LogP contribution in [0.3, 0.4) is 0 Å². The Bertz CT molecular complexity index is 455. The van der Waals surface area contributed by atoms with Crippen LogP contribution in [0.4, 0.5) is 0 Å². The van der Waals surface area contributed by atoms with Crippen molar-refractivity contribution in [3.05, 3.63) is 29.3 Å². The summed E-state index contributed by atoms with van der Waals surface area (Å²) in [5.74, 6) is 0.760. The lowest BCUT2D eigenvalue weighted by molar-refractivity contribution is -0.127. The number of hydrogen-bond acceptors (Lipinski definition) is 3. The average Bonchev–Trinajstić information content (AvgIpc) is 3.17. The second-order valence-electron chi connectivity index (χ2n) is 5.14. The fourth-order valence-corrected chi connectivity index (χ4v) is 2.01. The van der Waals surface area contributed by atoms with Gasteiger partial charge in [0.05, 0.1) is 0 Å². The van der Waals surface area contributed by atoms with E-state index in [1.165, 1.54) is 0 Å². The van der Waals surface area contributed by atoms with Gasteiger partial charge in [-0.2, -0.15) is 0 Å². The van der Waals surface area contributed by atoms with Crippen LogP contribution in [-0.2, 0) is 11.2 Å². The van der Waals surface area contributed by atoms with E-state index < -0.39 is 6.10 Å². The van der Waals surface area contributed by atoms with Gasteiger partial charge in [0.25, 0.3) is 5.91 Å². The number of ether oxygens (including phenoxy) is 1. The molecular formula is C15H22N2O2. The van der Waals surface area contributed by atoms with Crippen LogP contribution >= 0.6 is 0 Å². The lowest BCUT2D eigenvalue weighted by Crippen LogP contribution is -2.37. The minimum atomic E-state index is -0.474. The first-order valence-corrected chi connectivity index (χ1v) is 6.87. The molecule has 1 fully saturated rings. The third-order valence-corrected chi connectivity index (χ3v) is 3.29. The van der Waals surface area contributed by atoms with Gasteiger partial charge in [0, 0.05) is 6.04 Å². The van der Waals surface area contributed by atoms with Crippen molar-refractivity contribution < 1.29 is 9.53 Å². The third kappa shape index (κ3) is 3.70. The van der Waals surface area contributed by atoms with E-state index in [2.05, 4.69) is 5.32 Å². The van der Waals surface area contributed by atoms with Crippen LogP contribution in [0.1, 0.15) is 30.9 Å². The molecule has 0 spiro atoms. The minimum absolute atomic E-state index is 0.0375. The van der Waals surface area contributed by atoms with E-state index >= 15 is 0 Å². The molecule has 3 N–H and O–H groups in total. The van der Waals surface area contributed by atoms with E-state index in [1.54, 1.807) is 6.92 Å². The monoisotopic (exact) mass is 262 g/mol. The quantitative estimate of drug-likeness (QED) is 0.817. The van der Waals surface area contributed by atoms with Gasteiger partial charge in [-0.1, -0.05) is 18.2 Å². The smallest absolute Gasteiger partial charge is 0.260 e. The van der Waals surface area contributed by atoms with E-state index in [9.17, 15) is 4.79 Å². The Kier molecular flexibility index (Phi) is 4.43. The number of para-hydroxylation sites is 1. The second-order valence-corrected chi connectivity index (χ2v) is 5.14. The zero-order chi connectivity index (χ0) is 13.8. The van der Waals surface area contributed by atoms with Gasteiger partial charge in [0.15, 0.2) is 6.10 Å². The van der Waals surface area contributed by atoms with Gasteiger partial charge in [-0.15, -0.1) is 0 Å². The molecule has 104 valence electrons. The van der Waals surface area contributed by atoms with E-state index in [4.69, 9.17) is 10.5 Å². The summed E-state index contributed by atoms with van der Waals surface area (Å²) >= 11 is 0. The fourth-order valence-electron chi connectivity index (χ4n) is 2.01. The Balaban J connectivity index is 2.05. The molecule has 1 unspecified atom stereocenters. The molecule has 0 heterocycles. The maximum Gasteiger partial charge on any atom is 0.260 e. The molecule has 1 saturated carbocycles. The molecule has 1 amide bonds. The number of aryl methyl sites for hydroxylation is 1. The number of rotatable bonds is 6. The minimum Gasteiger partial charge on any atom is -0.480 e. The number of benzene rings is 1. The molecule has 1 aliphatic carbocycles. The molecule has 0 aliphatic heterocycles. The van der Waals surface area contributed by atoms with Crippen molar-refractivity contribution in [2.45, 2.75) is 45.3 Å². The maximum absolute atomic E-state index is 11.9. The molecule has 0 radical (unpaired) electrons. The van der Waals surface area contributed by atoms with Gasteiger partial charge < -0.3 is 15.8 Å². The van der Waals surface area contributed by atoms with Gasteiger partial charge in [0.2, 0.25) is 0 Å². The van der Waals surface area contributed by atoms with Crippen molar-refractivity contribution in [1.82, 2.24) is 5.32 Å². The molecule has 1 atom stereocenters. The molecule has 4 nitrogen and oxygen atoms in total. The first-order valence-electron chi connectivity index (χ1n) is 6.87. The standard InChI is InChI=1S/C15H22N2O2/c1-10-4-3-5-12(8-9-16)14(10)19-11(2)15(18)17-13-6-7-13/h3-5,11,13H,6-9,16H2,1-2H3,(H,17,18). The highest BCUT2D eigenvalue weighted by atomic mass is 16.5. The number of carbonyl (C=O) groups is 1. The Morgan fingerprint density at radius 1 is 1.53 bits per heavy atom. The van der Waals surface area contributed by atoms with Gasteiger partial charge in [-0.3, -0.25) is 4.79 Å². The molecule has 1 aromatic rings. The second kappa shape index (κ2) is 6.06. The van der Waals surface area contributed by atoms with Crippen LogP contribution < -0.4 is 15.8 Å². The molecule has 1 aliphatic rings. The van der Waals surface area contributed by atoms with Crippen LogP contribution in [0.15, 0.2) is 18.2 Å². The third-order valence-electron chi connectivity index (χ3n) is 3.29. The van der Waals surface area contributed by atoms with Crippen molar-refractivity contribution >= 4 is 5.91 Å². The van der Waals surface area contributed by atoms with Crippen molar-refractivity contribution in [3.8, 4) is 5.75 Å².